The SMILES string of the molecule is CN1CCC(Oc2cc(NS(=O)(=O)c3ccccc3F)cc3c2NC(=O)C32CCC2)CC1. The van der Waals surface area contributed by atoms with Crippen LogP contribution in [0.3, 0.4) is 0 Å². The molecule has 0 radical (unpaired) electrons. The van der Waals surface area contributed by atoms with Crippen LogP contribution in [0.2, 0.25) is 0 Å². The third-order valence-corrected chi connectivity index (χ3v) is 8.25. The Labute approximate surface area is 187 Å². The van der Waals surface area contributed by atoms with Crippen LogP contribution in [0.1, 0.15) is 37.7 Å². The Morgan fingerprint density at radius 1 is 1.19 bits per heavy atom. The van der Waals surface area contributed by atoms with Crippen LogP contribution in [-0.4, -0.2) is 45.5 Å². The zero-order valence-corrected chi connectivity index (χ0v) is 18.7. The summed E-state index contributed by atoms with van der Waals surface area (Å²) < 4.78 is 48.7. The molecule has 1 saturated heterocycles. The number of benzene rings is 2. The third kappa shape index (κ3) is 3.53. The van der Waals surface area contributed by atoms with E-state index < -0.39 is 26.2 Å². The molecule has 1 saturated carbocycles. The molecule has 1 spiro atoms. The van der Waals surface area contributed by atoms with Crippen molar-refractivity contribution in [3.63, 3.8) is 0 Å². The van der Waals surface area contributed by atoms with Gasteiger partial charge in [0.1, 0.15) is 22.6 Å². The Hall–Kier alpha value is -2.65. The molecule has 0 bridgehead atoms. The van der Waals surface area contributed by atoms with Gasteiger partial charge in [-0.2, -0.15) is 0 Å². The first kappa shape index (κ1) is 21.2. The molecule has 2 N–H and O–H groups in total. The van der Waals surface area contributed by atoms with Crippen molar-refractivity contribution in [3.8, 4) is 5.75 Å². The van der Waals surface area contributed by atoms with Gasteiger partial charge >= 0.3 is 0 Å². The molecule has 0 aromatic heterocycles. The molecule has 0 unspecified atom stereocenters. The van der Waals surface area contributed by atoms with Crippen molar-refractivity contribution in [2.45, 2.75) is 48.5 Å². The molecule has 5 rings (SSSR count). The number of hydrogen-bond acceptors (Lipinski definition) is 5. The van der Waals surface area contributed by atoms with Gasteiger partial charge in [-0.1, -0.05) is 18.6 Å². The number of nitrogens with zero attached hydrogens (tertiary/aromatic N) is 1. The fourth-order valence-corrected chi connectivity index (χ4v) is 5.93. The molecule has 9 heteroatoms. The lowest BCUT2D eigenvalue weighted by Gasteiger charge is -2.36. The van der Waals surface area contributed by atoms with Crippen LogP contribution in [-0.2, 0) is 20.2 Å². The van der Waals surface area contributed by atoms with E-state index in [4.69, 9.17) is 4.74 Å². The van der Waals surface area contributed by atoms with Gasteiger partial charge in [0.15, 0.2) is 0 Å². The Morgan fingerprint density at radius 2 is 1.91 bits per heavy atom. The summed E-state index contributed by atoms with van der Waals surface area (Å²) >= 11 is 0. The number of nitrogens with one attached hydrogen (secondary N) is 2. The van der Waals surface area contributed by atoms with Gasteiger partial charge in [-0.15, -0.1) is 0 Å². The number of rotatable bonds is 5. The zero-order valence-electron chi connectivity index (χ0n) is 17.9. The van der Waals surface area contributed by atoms with Gasteiger partial charge < -0.3 is 15.0 Å². The van der Waals surface area contributed by atoms with Gasteiger partial charge in [0, 0.05) is 19.2 Å². The van der Waals surface area contributed by atoms with E-state index in [0.717, 1.165) is 44.0 Å². The largest absolute Gasteiger partial charge is 0.488 e. The van der Waals surface area contributed by atoms with Crippen LogP contribution < -0.4 is 14.8 Å². The van der Waals surface area contributed by atoms with Crippen molar-refractivity contribution in [2.75, 3.05) is 30.2 Å². The van der Waals surface area contributed by atoms with Crippen molar-refractivity contribution in [2.24, 2.45) is 0 Å². The van der Waals surface area contributed by atoms with Gasteiger partial charge in [0.25, 0.3) is 10.0 Å². The first-order chi connectivity index (χ1) is 15.3. The second-order valence-corrected chi connectivity index (χ2v) is 10.6. The van der Waals surface area contributed by atoms with Gasteiger partial charge in [0.05, 0.1) is 16.8 Å². The normalized spacial score (nSPS) is 20.5. The number of anilines is 2. The number of ether oxygens (including phenoxy) is 1. The van der Waals surface area contributed by atoms with E-state index in [1.807, 2.05) is 0 Å². The summed E-state index contributed by atoms with van der Waals surface area (Å²) in [6, 6.07) is 8.52. The summed E-state index contributed by atoms with van der Waals surface area (Å²) in [5.41, 5.74) is 1.00. The summed E-state index contributed by atoms with van der Waals surface area (Å²) in [5, 5.41) is 2.98. The zero-order chi connectivity index (χ0) is 22.5. The van der Waals surface area contributed by atoms with E-state index in [0.29, 0.717) is 24.3 Å². The average Bonchev–Trinajstić information content (AvgIpc) is 3.02. The molecule has 3 aliphatic rings. The lowest BCUT2D eigenvalue weighted by molar-refractivity contribution is -0.123. The molecule has 2 aromatic carbocycles. The molecule has 2 aliphatic heterocycles. The highest BCUT2D eigenvalue weighted by Gasteiger charge is 2.52. The molecule has 0 atom stereocenters. The minimum Gasteiger partial charge on any atom is -0.488 e. The predicted molar refractivity (Wildman–Crippen MR) is 119 cm³/mol. The van der Waals surface area contributed by atoms with Crippen LogP contribution in [0.5, 0.6) is 5.75 Å². The highest BCUT2D eigenvalue weighted by atomic mass is 32.2. The predicted octanol–water partition coefficient (Wildman–Crippen LogP) is 3.47. The number of likely N-dealkylation sites (tertiary alicyclic amines) is 1. The highest BCUT2D eigenvalue weighted by molar-refractivity contribution is 7.92. The molecule has 1 aliphatic carbocycles. The molecular weight excluding hydrogens is 433 g/mol. The monoisotopic (exact) mass is 459 g/mol. The fourth-order valence-electron chi connectivity index (χ4n) is 4.81. The van der Waals surface area contributed by atoms with Gasteiger partial charge in [-0.3, -0.25) is 9.52 Å². The van der Waals surface area contributed by atoms with E-state index >= 15 is 0 Å². The number of amides is 1. The van der Waals surface area contributed by atoms with E-state index in [9.17, 15) is 17.6 Å². The third-order valence-electron chi connectivity index (χ3n) is 6.84. The molecule has 1 amide bonds. The topological polar surface area (TPSA) is 87.7 Å². The Kier molecular flexibility index (Phi) is 5.13. The number of carbonyl (C=O) groups excluding carboxylic acids is 1. The van der Waals surface area contributed by atoms with Crippen molar-refractivity contribution in [3.05, 3.63) is 47.8 Å². The number of piperidine rings is 1. The molecule has 7 nitrogen and oxygen atoms in total. The number of halogens is 1. The Morgan fingerprint density at radius 3 is 2.56 bits per heavy atom. The van der Waals surface area contributed by atoms with E-state index in [1.54, 1.807) is 12.1 Å². The van der Waals surface area contributed by atoms with Crippen LogP contribution >= 0.6 is 0 Å². The molecule has 2 aromatic rings. The fraction of sp³-hybridized carbons (Fsp3) is 0.435. The number of carbonyl (C=O) groups is 1. The highest BCUT2D eigenvalue weighted by Crippen LogP contribution is 2.54. The standard InChI is InChI=1S/C23H26FN3O4S/c1-27-11-7-16(8-12-27)31-19-14-15(26-32(29,30)20-6-3-2-5-18(20)24)13-17-21(19)25-22(28)23(17)9-4-10-23/h2-3,5-6,13-14,16,26H,4,7-12H2,1H3,(H,25,28). The van der Waals surface area contributed by atoms with Crippen molar-refractivity contribution >= 4 is 27.3 Å². The van der Waals surface area contributed by atoms with Gasteiger partial charge in [-0.25, -0.2) is 12.8 Å². The second-order valence-electron chi connectivity index (χ2n) is 8.94. The van der Waals surface area contributed by atoms with Crippen LogP contribution in [0.4, 0.5) is 15.8 Å². The smallest absolute Gasteiger partial charge is 0.264 e. The quantitative estimate of drug-likeness (QED) is 0.715. The minimum absolute atomic E-state index is 0.0245. The van der Waals surface area contributed by atoms with E-state index in [2.05, 4.69) is 22.0 Å². The maximum atomic E-state index is 14.2. The lowest BCUT2D eigenvalue weighted by Crippen LogP contribution is -2.40. The van der Waals surface area contributed by atoms with Crippen LogP contribution in [0, 0.1) is 5.82 Å². The molecule has 170 valence electrons. The van der Waals surface area contributed by atoms with Crippen LogP contribution in [0.25, 0.3) is 0 Å². The molecule has 2 fully saturated rings. The summed E-state index contributed by atoms with van der Waals surface area (Å²) in [6.07, 6.45) is 4.02. The Bertz CT molecular complexity index is 1170. The second kappa shape index (κ2) is 7.74. The molecule has 2 heterocycles. The van der Waals surface area contributed by atoms with Gasteiger partial charge in [0.2, 0.25) is 5.91 Å². The molecule has 32 heavy (non-hydrogen) atoms. The molecular formula is C23H26FN3O4S. The summed E-state index contributed by atoms with van der Waals surface area (Å²) in [4.78, 5) is 14.6. The number of sulfonamides is 1. The maximum absolute atomic E-state index is 14.2. The summed E-state index contributed by atoms with van der Waals surface area (Å²) in [5.74, 6) is -0.433. The van der Waals surface area contributed by atoms with Crippen LogP contribution in [0.15, 0.2) is 41.3 Å². The average molecular weight is 460 g/mol. The van der Waals surface area contributed by atoms with Crippen molar-refractivity contribution < 1.29 is 22.3 Å². The Balaban J connectivity index is 1.52. The van der Waals surface area contributed by atoms with Gasteiger partial charge in [-0.05, 0) is 56.5 Å². The van der Waals surface area contributed by atoms with Crippen molar-refractivity contribution in [1.82, 2.24) is 4.90 Å². The van der Waals surface area contributed by atoms with E-state index in [-0.39, 0.29) is 17.7 Å². The van der Waals surface area contributed by atoms with E-state index in [1.165, 1.54) is 18.2 Å². The summed E-state index contributed by atoms with van der Waals surface area (Å²) in [6.45, 7) is 1.81. The maximum Gasteiger partial charge on any atom is 0.264 e. The lowest BCUT2D eigenvalue weighted by atomic mass is 9.65. The summed E-state index contributed by atoms with van der Waals surface area (Å²) in [7, 11) is -2.09. The number of fused-ring (bicyclic) bond motifs is 2. The number of hydrogen-bond donors (Lipinski definition) is 2. The first-order valence-corrected chi connectivity index (χ1v) is 12.4. The van der Waals surface area contributed by atoms with Crippen molar-refractivity contribution in [1.29, 1.82) is 0 Å². The first-order valence-electron chi connectivity index (χ1n) is 10.9. The minimum atomic E-state index is -4.15.